The quantitative estimate of drug-likeness (QED) is 0.572. The van der Waals surface area contributed by atoms with Crippen LogP contribution in [0.2, 0.25) is 5.02 Å². The minimum absolute atomic E-state index is 0.176. The molecule has 2 amide bonds. The van der Waals surface area contributed by atoms with Crippen molar-refractivity contribution in [3.8, 4) is 0 Å². The number of anilines is 3. The third kappa shape index (κ3) is 5.56. The average Bonchev–Trinajstić information content (AvgIpc) is 2.67. The van der Waals surface area contributed by atoms with Gasteiger partial charge in [0.25, 0.3) is 5.91 Å². The summed E-state index contributed by atoms with van der Waals surface area (Å²) in [6.45, 7) is 2.03. The van der Waals surface area contributed by atoms with Gasteiger partial charge in [-0.3, -0.25) is 14.6 Å². The van der Waals surface area contributed by atoms with Gasteiger partial charge in [0.15, 0.2) is 0 Å². The molecule has 6 nitrogen and oxygen atoms in total. The van der Waals surface area contributed by atoms with Gasteiger partial charge in [-0.05, 0) is 48.0 Å². The van der Waals surface area contributed by atoms with Gasteiger partial charge in [-0.1, -0.05) is 29.8 Å². The zero-order valence-corrected chi connectivity index (χ0v) is 16.0. The van der Waals surface area contributed by atoms with Gasteiger partial charge in [0, 0.05) is 41.8 Å². The first-order valence-electron chi connectivity index (χ1n) is 8.63. The van der Waals surface area contributed by atoms with Crippen molar-refractivity contribution in [2.45, 2.75) is 13.5 Å². The number of hydrogen-bond acceptors (Lipinski definition) is 4. The number of benzene rings is 2. The fourth-order valence-corrected chi connectivity index (χ4v) is 2.67. The topological polar surface area (TPSA) is 83.1 Å². The monoisotopic (exact) mass is 394 g/mol. The molecule has 0 saturated carbocycles. The van der Waals surface area contributed by atoms with Crippen LogP contribution >= 0.6 is 11.6 Å². The van der Waals surface area contributed by atoms with Gasteiger partial charge >= 0.3 is 0 Å². The van der Waals surface area contributed by atoms with E-state index in [9.17, 15) is 9.59 Å². The first-order chi connectivity index (χ1) is 13.5. The molecule has 28 heavy (non-hydrogen) atoms. The maximum absolute atomic E-state index is 12.5. The Morgan fingerprint density at radius 1 is 0.929 bits per heavy atom. The number of halogens is 1. The Morgan fingerprint density at radius 2 is 1.64 bits per heavy atom. The van der Waals surface area contributed by atoms with E-state index in [-0.39, 0.29) is 17.5 Å². The Labute approximate surface area is 168 Å². The lowest BCUT2D eigenvalue weighted by Crippen LogP contribution is -2.14. The molecule has 0 aliphatic rings. The summed E-state index contributed by atoms with van der Waals surface area (Å²) in [7, 11) is 0. The van der Waals surface area contributed by atoms with E-state index in [1.807, 2.05) is 24.3 Å². The predicted molar refractivity (Wildman–Crippen MR) is 112 cm³/mol. The van der Waals surface area contributed by atoms with Gasteiger partial charge in [0.1, 0.15) is 5.69 Å². The van der Waals surface area contributed by atoms with Crippen molar-refractivity contribution >= 4 is 40.5 Å². The van der Waals surface area contributed by atoms with Gasteiger partial charge in [-0.2, -0.15) is 0 Å². The number of pyridine rings is 1. The SMILES string of the molecule is CC(=O)Nc1cccc(NC(=O)c2cc(NCc3ccc(Cl)cc3)ccn2)c1. The highest BCUT2D eigenvalue weighted by Crippen LogP contribution is 2.17. The van der Waals surface area contributed by atoms with Crippen LogP contribution in [-0.2, 0) is 11.3 Å². The number of amides is 2. The highest BCUT2D eigenvalue weighted by molar-refractivity contribution is 6.30. The lowest BCUT2D eigenvalue weighted by atomic mass is 10.2. The molecular weight excluding hydrogens is 376 g/mol. The summed E-state index contributed by atoms with van der Waals surface area (Å²) in [6, 6.07) is 17.9. The molecule has 2 aromatic carbocycles. The van der Waals surface area contributed by atoms with E-state index in [0.717, 1.165) is 11.3 Å². The van der Waals surface area contributed by atoms with Crippen molar-refractivity contribution in [1.82, 2.24) is 4.98 Å². The Bertz CT molecular complexity index is 990. The van der Waals surface area contributed by atoms with Crippen LogP contribution in [-0.4, -0.2) is 16.8 Å². The molecular formula is C21H19ClN4O2. The smallest absolute Gasteiger partial charge is 0.274 e. The van der Waals surface area contributed by atoms with Crippen molar-refractivity contribution in [1.29, 1.82) is 0 Å². The summed E-state index contributed by atoms with van der Waals surface area (Å²) >= 11 is 5.89. The maximum Gasteiger partial charge on any atom is 0.274 e. The van der Waals surface area contributed by atoms with Crippen LogP contribution in [0.25, 0.3) is 0 Å². The van der Waals surface area contributed by atoms with Crippen LogP contribution in [0, 0.1) is 0 Å². The van der Waals surface area contributed by atoms with Crippen molar-refractivity contribution < 1.29 is 9.59 Å². The molecule has 3 aromatic rings. The summed E-state index contributed by atoms with van der Waals surface area (Å²) in [4.78, 5) is 27.8. The van der Waals surface area contributed by atoms with Gasteiger partial charge in [-0.15, -0.1) is 0 Å². The van der Waals surface area contributed by atoms with E-state index in [1.54, 1.807) is 42.6 Å². The molecule has 3 rings (SSSR count). The summed E-state index contributed by atoms with van der Waals surface area (Å²) in [6.07, 6.45) is 1.58. The minimum atomic E-state index is -0.338. The Morgan fingerprint density at radius 3 is 2.36 bits per heavy atom. The molecule has 0 aliphatic carbocycles. The normalized spacial score (nSPS) is 10.2. The number of hydrogen-bond donors (Lipinski definition) is 3. The highest BCUT2D eigenvalue weighted by atomic mass is 35.5. The molecule has 7 heteroatoms. The molecule has 0 aliphatic heterocycles. The van der Waals surface area contributed by atoms with Crippen molar-refractivity contribution in [2.24, 2.45) is 0 Å². The molecule has 0 fully saturated rings. The van der Waals surface area contributed by atoms with Crippen LogP contribution < -0.4 is 16.0 Å². The zero-order chi connectivity index (χ0) is 19.9. The average molecular weight is 395 g/mol. The maximum atomic E-state index is 12.5. The molecule has 0 saturated heterocycles. The Balaban J connectivity index is 1.65. The fraction of sp³-hybridized carbons (Fsp3) is 0.0952. The van der Waals surface area contributed by atoms with Crippen molar-refractivity contribution in [2.75, 3.05) is 16.0 Å². The van der Waals surface area contributed by atoms with Gasteiger partial charge in [0.2, 0.25) is 5.91 Å². The molecule has 142 valence electrons. The zero-order valence-electron chi connectivity index (χ0n) is 15.2. The molecule has 3 N–H and O–H groups in total. The van der Waals surface area contributed by atoms with Crippen LogP contribution in [0.1, 0.15) is 23.0 Å². The van der Waals surface area contributed by atoms with Crippen molar-refractivity contribution in [3.05, 3.63) is 83.1 Å². The van der Waals surface area contributed by atoms with E-state index in [1.165, 1.54) is 6.92 Å². The highest BCUT2D eigenvalue weighted by Gasteiger charge is 2.09. The summed E-state index contributed by atoms with van der Waals surface area (Å²) in [5, 5.41) is 9.41. The number of carbonyl (C=O) groups excluding carboxylic acids is 2. The number of carbonyl (C=O) groups is 2. The van der Waals surface area contributed by atoms with Gasteiger partial charge < -0.3 is 16.0 Å². The van der Waals surface area contributed by atoms with Gasteiger partial charge in [-0.25, -0.2) is 0 Å². The third-order valence-corrected chi connectivity index (χ3v) is 4.10. The Kier molecular flexibility index (Phi) is 6.24. The Hall–Kier alpha value is -3.38. The molecule has 1 heterocycles. The first-order valence-corrected chi connectivity index (χ1v) is 9.01. The predicted octanol–water partition coefficient (Wildman–Crippen LogP) is 4.56. The lowest BCUT2D eigenvalue weighted by Gasteiger charge is -2.10. The third-order valence-electron chi connectivity index (χ3n) is 3.84. The second-order valence-electron chi connectivity index (χ2n) is 6.13. The van der Waals surface area contributed by atoms with E-state index < -0.39 is 0 Å². The van der Waals surface area contributed by atoms with E-state index in [2.05, 4.69) is 20.9 Å². The van der Waals surface area contributed by atoms with E-state index in [4.69, 9.17) is 11.6 Å². The molecule has 0 atom stereocenters. The largest absolute Gasteiger partial charge is 0.381 e. The van der Waals surface area contributed by atoms with Gasteiger partial charge in [0.05, 0.1) is 0 Å². The summed E-state index contributed by atoms with van der Waals surface area (Å²) in [5.74, 6) is -0.514. The number of aromatic nitrogens is 1. The number of nitrogens with one attached hydrogen (secondary N) is 3. The van der Waals surface area contributed by atoms with Crippen molar-refractivity contribution in [3.63, 3.8) is 0 Å². The first kappa shape index (κ1) is 19.4. The number of rotatable bonds is 6. The minimum Gasteiger partial charge on any atom is -0.381 e. The summed E-state index contributed by atoms with van der Waals surface area (Å²) < 4.78 is 0. The molecule has 1 aromatic heterocycles. The van der Waals surface area contributed by atoms with Crippen LogP contribution in [0.3, 0.4) is 0 Å². The van der Waals surface area contributed by atoms with E-state index >= 15 is 0 Å². The van der Waals surface area contributed by atoms with Crippen LogP contribution in [0.15, 0.2) is 66.9 Å². The standard InChI is InChI=1S/C21H19ClN4O2/c1-14(27)25-18-3-2-4-19(11-18)26-21(28)20-12-17(9-10-23-20)24-13-15-5-7-16(22)8-6-15/h2-12H,13H2,1H3,(H,23,24)(H,25,27)(H,26,28). The molecule has 0 bridgehead atoms. The fourth-order valence-electron chi connectivity index (χ4n) is 2.54. The molecule has 0 unspecified atom stereocenters. The molecule has 0 radical (unpaired) electrons. The van der Waals surface area contributed by atoms with E-state index in [0.29, 0.717) is 22.9 Å². The lowest BCUT2D eigenvalue weighted by molar-refractivity contribution is -0.114. The number of nitrogens with zero attached hydrogens (tertiary/aromatic N) is 1. The second kappa shape index (κ2) is 9.01. The van der Waals surface area contributed by atoms with Crippen LogP contribution in [0.4, 0.5) is 17.1 Å². The van der Waals surface area contributed by atoms with Crippen LogP contribution in [0.5, 0.6) is 0 Å². The summed E-state index contributed by atoms with van der Waals surface area (Å²) in [5.41, 5.74) is 3.31. The second-order valence-corrected chi connectivity index (χ2v) is 6.56. The molecule has 0 spiro atoms.